The lowest BCUT2D eigenvalue weighted by Crippen LogP contribution is -2.45. The van der Waals surface area contributed by atoms with Crippen molar-refractivity contribution in [3.8, 4) is 17.2 Å². The molecule has 7 heteroatoms. The predicted molar refractivity (Wildman–Crippen MR) is 95.7 cm³/mol. The highest BCUT2D eigenvalue weighted by atomic mass is 35.5. The van der Waals surface area contributed by atoms with Crippen molar-refractivity contribution in [3.05, 3.63) is 17.7 Å². The normalized spacial score (nSPS) is 16.7. The molecule has 0 aromatic heterocycles. The molecule has 0 bridgehead atoms. The molecular formula is C17H27ClN2O4. The predicted octanol–water partition coefficient (Wildman–Crippen LogP) is 1.94. The van der Waals surface area contributed by atoms with Gasteiger partial charge in [0.25, 0.3) is 0 Å². The highest BCUT2D eigenvalue weighted by Crippen LogP contribution is 2.40. The smallest absolute Gasteiger partial charge is 0.220 e. The zero-order chi connectivity index (χ0) is 16.7. The first-order valence-electron chi connectivity index (χ1n) is 7.97. The number of methoxy groups -OCH3 is 3. The lowest BCUT2D eigenvalue weighted by molar-refractivity contribution is -0.121. The van der Waals surface area contributed by atoms with E-state index in [-0.39, 0.29) is 24.4 Å². The van der Waals surface area contributed by atoms with E-state index in [1.807, 2.05) is 12.1 Å². The number of hydrogen-bond acceptors (Lipinski definition) is 5. The number of benzene rings is 1. The summed E-state index contributed by atoms with van der Waals surface area (Å²) in [6, 6.07) is 3.98. The number of carbonyl (C=O) groups is 1. The number of piperidine rings is 1. The van der Waals surface area contributed by atoms with Gasteiger partial charge >= 0.3 is 0 Å². The molecule has 0 unspecified atom stereocenters. The number of halogens is 1. The summed E-state index contributed by atoms with van der Waals surface area (Å²) in [7, 11) is 4.75. The fraction of sp³-hybridized carbons (Fsp3) is 0.588. The molecule has 6 nitrogen and oxygen atoms in total. The molecule has 1 aromatic rings. The summed E-state index contributed by atoms with van der Waals surface area (Å²) in [5.41, 5.74) is 0.932. The van der Waals surface area contributed by atoms with Crippen LogP contribution in [-0.4, -0.2) is 46.4 Å². The monoisotopic (exact) mass is 358 g/mol. The van der Waals surface area contributed by atoms with Crippen LogP contribution in [0.4, 0.5) is 0 Å². The third kappa shape index (κ3) is 5.18. The maximum absolute atomic E-state index is 12.1. The minimum Gasteiger partial charge on any atom is -0.493 e. The molecule has 0 spiro atoms. The average Bonchev–Trinajstić information content (AvgIpc) is 2.59. The Balaban J connectivity index is 0.00000288. The van der Waals surface area contributed by atoms with Crippen LogP contribution in [0.2, 0.25) is 0 Å². The molecule has 1 aromatic carbocycles. The van der Waals surface area contributed by atoms with E-state index in [2.05, 4.69) is 10.6 Å². The Bertz CT molecular complexity index is 534. The zero-order valence-electron chi connectivity index (χ0n) is 14.5. The SMILES string of the molecule is COc1ccc(CCC(=O)N[C@H]2CCCNC2)c(OC)c1OC.Cl. The van der Waals surface area contributed by atoms with E-state index in [9.17, 15) is 4.79 Å². The Morgan fingerprint density at radius 1 is 1.21 bits per heavy atom. The second-order valence-electron chi connectivity index (χ2n) is 5.60. The largest absolute Gasteiger partial charge is 0.493 e. The van der Waals surface area contributed by atoms with Crippen molar-refractivity contribution in [1.82, 2.24) is 10.6 Å². The Hall–Kier alpha value is -1.66. The average molecular weight is 359 g/mol. The van der Waals surface area contributed by atoms with Gasteiger partial charge in [-0.05, 0) is 37.4 Å². The van der Waals surface area contributed by atoms with Crippen LogP contribution in [0, 0.1) is 0 Å². The number of aryl methyl sites for hydroxylation is 1. The number of nitrogens with one attached hydrogen (secondary N) is 2. The molecule has 2 N–H and O–H groups in total. The molecule has 1 heterocycles. The second-order valence-corrected chi connectivity index (χ2v) is 5.60. The van der Waals surface area contributed by atoms with Crippen molar-refractivity contribution >= 4 is 18.3 Å². The summed E-state index contributed by atoms with van der Waals surface area (Å²) in [6.45, 7) is 1.89. The van der Waals surface area contributed by atoms with Gasteiger partial charge in [-0.25, -0.2) is 0 Å². The van der Waals surface area contributed by atoms with Crippen molar-refractivity contribution in [2.45, 2.75) is 31.7 Å². The number of ether oxygens (including phenoxy) is 3. The summed E-state index contributed by atoms with van der Waals surface area (Å²) in [4.78, 5) is 12.1. The standard InChI is InChI=1S/C17H26N2O4.ClH/c1-21-14-8-6-12(16(22-2)17(14)23-3)7-9-15(20)19-13-5-4-10-18-11-13;/h6,8,13,18H,4-5,7,9-11H2,1-3H3,(H,19,20);1H/t13-;/m0./s1. The van der Waals surface area contributed by atoms with Crippen molar-refractivity contribution in [2.75, 3.05) is 34.4 Å². The number of amides is 1. The number of hydrogen-bond donors (Lipinski definition) is 2. The molecule has 136 valence electrons. The molecular weight excluding hydrogens is 332 g/mol. The second kappa shape index (κ2) is 10.3. The molecule has 2 rings (SSSR count). The summed E-state index contributed by atoms with van der Waals surface area (Å²) in [5.74, 6) is 1.87. The minimum absolute atomic E-state index is 0. The Labute approximate surface area is 149 Å². The fourth-order valence-corrected chi connectivity index (χ4v) is 2.88. The van der Waals surface area contributed by atoms with Crippen LogP contribution >= 0.6 is 12.4 Å². The molecule has 1 saturated heterocycles. The van der Waals surface area contributed by atoms with Gasteiger partial charge in [-0.2, -0.15) is 0 Å². The van der Waals surface area contributed by atoms with Crippen molar-refractivity contribution in [1.29, 1.82) is 0 Å². The van der Waals surface area contributed by atoms with E-state index in [1.165, 1.54) is 0 Å². The molecule has 0 saturated carbocycles. The van der Waals surface area contributed by atoms with Crippen LogP contribution in [0.5, 0.6) is 17.2 Å². The molecule has 1 aliphatic rings. The highest BCUT2D eigenvalue weighted by Gasteiger charge is 2.18. The molecule has 0 radical (unpaired) electrons. The summed E-state index contributed by atoms with van der Waals surface area (Å²) >= 11 is 0. The van der Waals surface area contributed by atoms with Gasteiger partial charge in [0, 0.05) is 19.0 Å². The van der Waals surface area contributed by atoms with E-state index in [1.54, 1.807) is 21.3 Å². The summed E-state index contributed by atoms with van der Waals surface area (Å²) in [6.07, 6.45) is 3.16. The molecule has 1 aliphatic heterocycles. The van der Waals surface area contributed by atoms with Gasteiger partial charge in [-0.3, -0.25) is 4.79 Å². The first-order valence-corrected chi connectivity index (χ1v) is 7.97. The number of carbonyl (C=O) groups excluding carboxylic acids is 1. The summed E-state index contributed by atoms with van der Waals surface area (Å²) < 4.78 is 16.1. The molecule has 1 atom stereocenters. The molecule has 1 amide bonds. The quantitative estimate of drug-likeness (QED) is 0.779. The van der Waals surface area contributed by atoms with E-state index < -0.39 is 0 Å². The van der Waals surface area contributed by atoms with Gasteiger partial charge in [-0.15, -0.1) is 12.4 Å². The maximum Gasteiger partial charge on any atom is 0.220 e. The maximum atomic E-state index is 12.1. The lowest BCUT2D eigenvalue weighted by atomic mass is 10.1. The van der Waals surface area contributed by atoms with Crippen LogP contribution in [0.25, 0.3) is 0 Å². The molecule has 1 fully saturated rings. The van der Waals surface area contributed by atoms with Crippen molar-refractivity contribution < 1.29 is 19.0 Å². The Morgan fingerprint density at radius 2 is 1.96 bits per heavy atom. The first kappa shape index (κ1) is 20.4. The minimum atomic E-state index is 0. The van der Waals surface area contributed by atoms with E-state index >= 15 is 0 Å². The third-order valence-corrected chi connectivity index (χ3v) is 4.07. The van der Waals surface area contributed by atoms with Crippen molar-refractivity contribution in [2.24, 2.45) is 0 Å². The van der Waals surface area contributed by atoms with Gasteiger partial charge in [0.2, 0.25) is 11.7 Å². The third-order valence-electron chi connectivity index (χ3n) is 4.07. The van der Waals surface area contributed by atoms with Crippen LogP contribution in [0.3, 0.4) is 0 Å². The van der Waals surface area contributed by atoms with Gasteiger partial charge in [0.05, 0.1) is 21.3 Å². The van der Waals surface area contributed by atoms with Crippen LogP contribution in [0.15, 0.2) is 12.1 Å². The zero-order valence-corrected chi connectivity index (χ0v) is 15.3. The Kier molecular flexibility index (Phi) is 8.71. The van der Waals surface area contributed by atoms with Crippen LogP contribution in [-0.2, 0) is 11.2 Å². The Morgan fingerprint density at radius 3 is 2.54 bits per heavy atom. The topological polar surface area (TPSA) is 68.8 Å². The van der Waals surface area contributed by atoms with Gasteiger partial charge in [0.1, 0.15) is 0 Å². The van der Waals surface area contributed by atoms with Gasteiger partial charge in [-0.1, -0.05) is 6.07 Å². The van der Waals surface area contributed by atoms with E-state index in [0.717, 1.165) is 31.5 Å². The van der Waals surface area contributed by atoms with Gasteiger partial charge < -0.3 is 24.8 Å². The van der Waals surface area contributed by atoms with Crippen molar-refractivity contribution in [3.63, 3.8) is 0 Å². The lowest BCUT2D eigenvalue weighted by Gasteiger charge is -2.23. The van der Waals surface area contributed by atoms with E-state index in [0.29, 0.717) is 30.1 Å². The van der Waals surface area contributed by atoms with Crippen LogP contribution < -0.4 is 24.8 Å². The number of rotatable bonds is 7. The highest BCUT2D eigenvalue weighted by molar-refractivity contribution is 5.85. The molecule has 24 heavy (non-hydrogen) atoms. The first-order chi connectivity index (χ1) is 11.2. The van der Waals surface area contributed by atoms with E-state index in [4.69, 9.17) is 14.2 Å². The molecule has 0 aliphatic carbocycles. The fourth-order valence-electron chi connectivity index (χ4n) is 2.88. The summed E-state index contributed by atoms with van der Waals surface area (Å²) in [5, 5.41) is 6.37. The van der Waals surface area contributed by atoms with Crippen LogP contribution in [0.1, 0.15) is 24.8 Å². The van der Waals surface area contributed by atoms with Gasteiger partial charge in [0.15, 0.2) is 11.5 Å².